The number of carbonyl (C=O) groups is 1. The van der Waals surface area contributed by atoms with Crippen LogP contribution in [0.3, 0.4) is 0 Å². The molecule has 0 fully saturated rings. The van der Waals surface area contributed by atoms with Crippen LogP contribution in [-0.2, 0) is 0 Å². The van der Waals surface area contributed by atoms with Gasteiger partial charge in [0.1, 0.15) is 5.69 Å². The van der Waals surface area contributed by atoms with E-state index in [0.717, 1.165) is 17.9 Å². The lowest BCUT2D eigenvalue weighted by Crippen LogP contribution is -2.16. The minimum absolute atomic E-state index is 0.0788. The van der Waals surface area contributed by atoms with Crippen molar-refractivity contribution in [2.24, 2.45) is 0 Å². The van der Waals surface area contributed by atoms with Crippen LogP contribution in [-0.4, -0.2) is 17.3 Å². The fourth-order valence-electron chi connectivity index (χ4n) is 2.20. The molecule has 2 aromatic rings. The lowest BCUT2D eigenvalue weighted by Gasteiger charge is -2.23. The normalized spacial score (nSPS) is 10.3. The summed E-state index contributed by atoms with van der Waals surface area (Å²) in [6.07, 6.45) is 2.26. The van der Waals surface area contributed by atoms with Crippen LogP contribution in [0.15, 0.2) is 42.6 Å². The molecule has 0 aliphatic heterocycles. The Kier molecular flexibility index (Phi) is 4.51. The first-order valence-corrected chi connectivity index (χ1v) is 6.99. The van der Waals surface area contributed by atoms with E-state index in [0.29, 0.717) is 12.1 Å². The molecule has 1 aromatic carbocycles. The number of anilines is 2. The van der Waals surface area contributed by atoms with Gasteiger partial charge in [-0.1, -0.05) is 19.1 Å². The first-order chi connectivity index (χ1) is 9.65. The molecule has 1 aromatic heterocycles. The van der Waals surface area contributed by atoms with Crippen molar-refractivity contribution in [1.29, 1.82) is 0 Å². The predicted molar refractivity (Wildman–Crippen MR) is 82.7 cm³/mol. The van der Waals surface area contributed by atoms with Gasteiger partial charge in [-0.3, -0.25) is 9.78 Å². The van der Waals surface area contributed by atoms with Gasteiger partial charge in [-0.05, 0) is 43.7 Å². The maximum Gasteiger partial charge on any atom is 0.180 e. The first-order valence-electron chi connectivity index (χ1n) is 6.99. The third-order valence-electron chi connectivity index (χ3n) is 3.30. The molecule has 0 saturated carbocycles. The summed E-state index contributed by atoms with van der Waals surface area (Å²) >= 11 is 0. The zero-order chi connectivity index (χ0) is 14.5. The van der Waals surface area contributed by atoms with E-state index in [2.05, 4.69) is 48.0 Å². The van der Waals surface area contributed by atoms with Crippen molar-refractivity contribution in [2.75, 3.05) is 11.4 Å². The summed E-state index contributed by atoms with van der Waals surface area (Å²) in [6.45, 7) is 6.89. The molecule has 0 radical (unpaired) electrons. The molecule has 0 saturated heterocycles. The van der Waals surface area contributed by atoms with E-state index in [9.17, 15) is 4.79 Å². The number of carbonyl (C=O) groups excluding carboxylic acids is 1. The Morgan fingerprint density at radius 1 is 1.15 bits per heavy atom. The monoisotopic (exact) mass is 268 g/mol. The standard InChI is InChI=1S/C17H20N2O/c1-4-17(20)16-10-9-15(12-18-16)19(5-2)14-8-6-7-13(3)11-14/h6-12H,4-5H2,1-3H3. The molecule has 0 bridgehead atoms. The van der Waals surface area contributed by atoms with Crippen LogP contribution in [0.25, 0.3) is 0 Å². The summed E-state index contributed by atoms with van der Waals surface area (Å²) in [5, 5.41) is 0. The highest BCUT2D eigenvalue weighted by molar-refractivity contribution is 5.94. The Bertz CT molecular complexity index is 590. The van der Waals surface area contributed by atoms with E-state index in [4.69, 9.17) is 0 Å². The van der Waals surface area contributed by atoms with Crippen LogP contribution >= 0.6 is 0 Å². The molecule has 0 spiro atoms. The Balaban J connectivity index is 2.30. The minimum Gasteiger partial charge on any atom is -0.341 e. The third kappa shape index (κ3) is 3.05. The van der Waals surface area contributed by atoms with E-state index in [1.165, 1.54) is 5.56 Å². The average molecular weight is 268 g/mol. The van der Waals surface area contributed by atoms with Crippen molar-refractivity contribution in [2.45, 2.75) is 27.2 Å². The van der Waals surface area contributed by atoms with Crippen molar-refractivity contribution in [1.82, 2.24) is 4.98 Å². The number of aryl methyl sites for hydroxylation is 1. The van der Waals surface area contributed by atoms with Gasteiger partial charge >= 0.3 is 0 Å². The largest absolute Gasteiger partial charge is 0.341 e. The highest BCUT2D eigenvalue weighted by Gasteiger charge is 2.09. The van der Waals surface area contributed by atoms with Crippen LogP contribution in [0.5, 0.6) is 0 Å². The second kappa shape index (κ2) is 6.33. The molecular weight excluding hydrogens is 248 g/mol. The van der Waals surface area contributed by atoms with E-state index in [1.807, 2.05) is 13.0 Å². The highest BCUT2D eigenvalue weighted by atomic mass is 16.1. The fraction of sp³-hybridized carbons (Fsp3) is 0.294. The Hall–Kier alpha value is -2.16. The quantitative estimate of drug-likeness (QED) is 0.764. The second-order valence-corrected chi connectivity index (χ2v) is 4.76. The topological polar surface area (TPSA) is 33.2 Å². The van der Waals surface area contributed by atoms with E-state index < -0.39 is 0 Å². The number of nitrogens with zero attached hydrogens (tertiary/aromatic N) is 2. The predicted octanol–water partition coefficient (Wildman–Crippen LogP) is 4.14. The SMILES string of the molecule is CCC(=O)c1ccc(N(CC)c2cccc(C)c2)cn1. The molecule has 20 heavy (non-hydrogen) atoms. The molecule has 0 N–H and O–H groups in total. The van der Waals surface area contributed by atoms with Gasteiger partial charge in [0, 0.05) is 18.7 Å². The van der Waals surface area contributed by atoms with Gasteiger partial charge in [0.25, 0.3) is 0 Å². The van der Waals surface area contributed by atoms with Crippen molar-refractivity contribution < 1.29 is 4.79 Å². The zero-order valence-corrected chi connectivity index (χ0v) is 12.3. The van der Waals surface area contributed by atoms with Crippen LogP contribution in [0, 0.1) is 6.92 Å². The van der Waals surface area contributed by atoms with Crippen molar-refractivity contribution in [3.05, 3.63) is 53.9 Å². The van der Waals surface area contributed by atoms with Gasteiger partial charge in [-0.2, -0.15) is 0 Å². The number of hydrogen-bond donors (Lipinski definition) is 0. The van der Waals surface area contributed by atoms with Crippen molar-refractivity contribution in [3.63, 3.8) is 0 Å². The van der Waals surface area contributed by atoms with Crippen LogP contribution in [0.2, 0.25) is 0 Å². The molecule has 3 heteroatoms. The maximum absolute atomic E-state index is 11.6. The molecule has 0 aliphatic carbocycles. The summed E-state index contributed by atoms with van der Waals surface area (Å²) in [5.74, 6) is 0.0788. The number of Topliss-reactive ketones (excluding diaryl/α,β-unsaturated/α-hetero) is 1. The number of benzene rings is 1. The smallest absolute Gasteiger partial charge is 0.180 e. The molecule has 0 aliphatic rings. The lowest BCUT2D eigenvalue weighted by atomic mass is 10.2. The number of aromatic nitrogens is 1. The molecular formula is C17H20N2O. The summed E-state index contributed by atoms with van der Waals surface area (Å²) in [7, 11) is 0. The summed E-state index contributed by atoms with van der Waals surface area (Å²) < 4.78 is 0. The van der Waals surface area contributed by atoms with E-state index in [1.54, 1.807) is 12.3 Å². The molecule has 2 rings (SSSR count). The number of ketones is 1. The summed E-state index contributed by atoms with van der Waals surface area (Å²) in [4.78, 5) is 18.1. The second-order valence-electron chi connectivity index (χ2n) is 4.76. The van der Waals surface area contributed by atoms with Gasteiger partial charge in [0.05, 0.1) is 11.9 Å². The summed E-state index contributed by atoms with van der Waals surface area (Å²) in [5.41, 5.74) is 3.91. The molecule has 1 heterocycles. The molecule has 0 amide bonds. The minimum atomic E-state index is 0.0788. The lowest BCUT2D eigenvalue weighted by molar-refractivity contribution is 0.0983. The molecule has 0 atom stereocenters. The molecule has 0 unspecified atom stereocenters. The van der Waals surface area contributed by atoms with Crippen molar-refractivity contribution in [3.8, 4) is 0 Å². The number of pyridine rings is 1. The Morgan fingerprint density at radius 2 is 1.95 bits per heavy atom. The van der Waals surface area contributed by atoms with Gasteiger partial charge in [-0.15, -0.1) is 0 Å². The maximum atomic E-state index is 11.6. The average Bonchev–Trinajstić information content (AvgIpc) is 2.48. The fourth-order valence-corrected chi connectivity index (χ4v) is 2.20. The van der Waals surface area contributed by atoms with E-state index in [-0.39, 0.29) is 5.78 Å². The number of rotatable bonds is 5. The van der Waals surface area contributed by atoms with Crippen LogP contribution in [0.1, 0.15) is 36.3 Å². The highest BCUT2D eigenvalue weighted by Crippen LogP contribution is 2.25. The van der Waals surface area contributed by atoms with Crippen molar-refractivity contribution >= 4 is 17.2 Å². The Labute approximate surface area is 120 Å². The van der Waals surface area contributed by atoms with Gasteiger partial charge in [-0.25, -0.2) is 0 Å². The van der Waals surface area contributed by atoms with Crippen LogP contribution in [0.4, 0.5) is 11.4 Å². The molecule has 3 nitrogen and oxygen atoms in total. The van der Waals surface area contributed by atoms with Gasteiger partial charge in [0.2, 0.25) is 0 Å². The van der Waals surface area contributed by atoms with Gasteiger partial charge in [0.15, 0.2) is 5.78 Å². The van der Waals surface area contributed by atoms with Gasteiger partial charge < -0.3 is 4.90 Å². The Morgan fingerprint density at radius 3 is 2.50 bits per heavy atom. The first kappa shape index (κ1) is 14.3. The third-order valence-corrected chi connectivity index (χ3v) is 3.30. The van der Waals surface area contributed by atoms with E-state index >= 15 is 0 Å². The zero-order valence-electron chi connectivity index (χ0n) is 12.3. The molecule has 104 valence electrons. The number of hydrogen-bond acceptors (Lipinski definition) is 3. The summed E-state index contributed by atoms with van der Waals surface area (Å²) in [6, 6.07) is 12.1. The van der Waals surface area contributed by atoms with Crippen LogP contribution < -0.4 is 4.90 Å².